The summed E-state index contributed by atoms with van der Waals surface area (Å²) in [6, 6.07) is 20.7. The molecule has 0 atom stereocenters. The topological polar surface area (TPSA) is 58.2 Å². The lowest BCUT2D eigenvalue weighted by Gasteiger charge is -2.19. The van der Waals surface area contributed by atoms with Crippen molar-refractivity contribution in [3.8, 4) is 0 Å². The predicted octanol–water partition coefficient (Wildman–Crippen LogP) is 5.28. The summed E-state index contributed by atoms with van der Waals surface area (Å²) in [4.78, 5) is 26.3. The van der Waals surface area contributed by atoms with E-state index in [0.29, 0.717) is 16.9 Å². The molecule has 0 aliphatic heterocycles. The Morgan fingerprint density at radius 2 is 1.10 bits per heavy atom. The molecule has 0 fully saturated rings. The Kier molecular flexibility index (Phi) is 6.13. The number of carbonyl (C=O) groups is 2. The number of nitrogens with one attached hydrogen (secondary N) is 2. The van der Waals surface area contributed by atoms with E-state index < -0.39 is 5.92 Å². The molecule has 0 aliphatic rings. The van der Waals surface area contributed by atoms with Crippen LogP contribution in [0.5, 0.6) is 0 Å². The molecule has 29 heavy (non-hydrogen) atoms. The van der Waals surface area contributed by atoms with Gasteiger partial charge in [-0.25, -0.2) is 0 Å². The molecular formula is C25H26N2O2. The standard InChI is InChI=1S/C25H26N2O2/c1-16-10-12-21(18(3)14-16)26-24(28)23(20-8-6-5-7-9-20)25(29)27-22-13-11-17(2)15-19(22)4/h5-15,23H,1-4H3,(H,26,28)(H,27,29). The zero-order valence-corrected chi connectivity index (χ0v) is 17.2. The maximum atomic E-state index is 13.1. The van der Waals surface area contributed by atoms with Crippen LogP contribution in [0, 0.1) is 27.7 Å². The highest BCUT2D eigenvalue weighted by Gasteiger charge is 2.29. The van der Waals surface area contributed by atoms with Crippen LogP contribution in [0.25, 0.3) is 0 Å². The van der Waals surface area contributed by atoms with E-state index in [4.69, 9.17) is 0 Å². The first-order valence-electron chi connectivity index (χ1n) is 9.66. The third-order valence-electron chi connectivity index (χ3n) is 4.94. The second-order valence-corrected chi connectivity index (χ2v) is 7.46. The molecule has 4 nitrogen and oxygen atoms in total. The minimum Gasteiger partial charge on any atom is -0.325 e. The minimum absolute atomic E-state index is 0.356. The van der Waals surface area contributed by atoms with E-state index >= 15 is 0 Å². The van der Waals surface area contributed by atoms with Crippen molar-refractivity contribution in [3.63, 3.8) is 0 Å². The molecule has 3 aromatic carbocycles. The minimum atomic E-state index is -0.961. The molecule has 0 saturated carbocycles. The van der Waals surface area contributed by atoms with Crippen molar-refractivity contribution in [2.24, 2.45) is 0 Å². The van der Waals surface area contributed by atoms with E-state index in [1.165, 1.54) is 0 Å². The first kappa shape index (κ1) is 20.3. The molecule has 3 aromatic rings. The van der Waals surface area contributed by atoms with Crippen LogP contribution in [0.1, 0.15) is 33.7 Å². The van der Waals surface area contributed by atoms with Crippen molar-refractivity contribution in [1.29, 1.82) is 0 Å². The normalized spacial score (nSPS) is 10.7. The van der Waals surface area contributed by atoms with Gasteiger partial charge in [-0.2, -0.15) is 0 Å². The summed E-state index contributed by atoms with van der Waals surface area (Å²) in [5, 5.41) is 5.85. The highest BCUT2D eigenvalue weighted by Crippen LogP contribution is 2.24. The van der Waals surface area contributed by atoms with Crippen molar-refractivity contribution in [3.05, 3.63) is 94.5 Å². The zero-order chi connectivity index (χ0) is 21.0. The number of benzene rings is 3. The quantitative estimate of drug-likeness (QED) is 0.586. The molecule has 0 aliphatic carbocycles. The predicted molar refractivity (Wildman–Crippen MR) is 118 cm³/mol. The lowest BCUT2D eigenvalue weighted by Crippen LogP contribution is -2.32. The molecule has 0 heterocycles. The van der Waals surface area contributed by atoms with Crippen LogP contribution in [-0.2, 0) is 9.59 Å². The van der Waals surface area contributed by atoms with Crippen molar-refractivity contribution in [2.45, 2.75) is 33.6 Å². The van der Waals surface area contributed by atoms with Gasteiger partial charge in [-0.3, -0.25) is 9.59 Å². The second-order valence-electron chi connectivity index (χ2n) is 7.46. The van der Waals surface area contributed by atoms with Crippen LogP contribution in [-0.4, -0.2) is 11.8 Å². The molecule has 0 spiro atoms. The van der Waals surface area contributed by atoms with Crippen molar-refractivity contribution in [2.75, 3.05) is 10.6 Å². The summed E-state index contributed by atoms with van der Waals surface area (Å²) >= 11 is 0. The lowest BCUT2D eigenvalue weighted by molar-refractivity contribution is -0.125. The van der Waals surface area contributed by atoms with Gasteiger partial charge in [-0.05, 0) is 56.5 Å². The van der Waals surface area contributed by atoms with Gasteiger partial charge in [0.05, 0.1) is 0 Å². The number of aryl methyl sites for hydroxylation is 4. The van der Waals surface area contributed by atoms with Gasteiger partial charge in [-0.15, -0.1) is 0 Å². The molecule has 3 rings (SSSR count). The largest absolute Gasteiger partial charge is 0.325 e. The summed E-state index contributed by atoms with van der Waals surface area (Å²) in [7, 11) is 0. The average Bonchev–Trinajstić information content (AvgIpc) is 2.67. The Balaban J connectivity index is 1.90. The van der Waals surface area contributed by atoms with Crippen LogP contribution in [0.15, 0.2) is 66.7 Å². The van der Waals surface area contributed by atoms with Crippen LogP contribution >= 0.6 is 0 Å². The smallest absolute Gasteiger partial charge is 0.241 e. The third kappa shape index (κ3) is 4.91. The molecule has 148 valence electrons. The van der Waals surface area contributed by atoms with Crippen LogP contribution < -0.4 is 10.6 Å². The first-order valence-corrected chi connectivity index (χ1v) is 9.66. The Bertz CT molecular complexity index is 976. The Morgan fingerprint density at radius 3 is 1.52 bits per heavy atom. The number of carbonyl (C=O) groups excluding carboxylic acids is 2. The Hall–Kier alpha value is -3.40. The van der Waals surface area contributed by atoms with Gasteiger partial charge in [0.1, 0.15) is 5.92 Å². The van der Waals surface area contributed by atoms with Gasteiger partial charge in [0, 0.05) is 11.4 Å². The van der Waals surface area contributed by atoms with E-state index in [-0.39, 0.29) is 11.8 Å². The van der Waals surface area contributed by atoms with Crippen LogP contribution in [0.2, 0.25) is 0 Å². The molecule has 0 bridgehead atoms. The fraction of sp³-hybridized carbons (Fsp3) is 0.200. The van der Waals surface area contributed by atoms with Crippen molar-refractivity contribution in [1.82, 2.24) is 0 Å². The van der Waals surface area contributed by atoms with Gasteiger partial charge in [0.25, 0.3) is 0 Å². The Labute approximate surface area is 172 Å². The summed E-state index contributed by atoms with van der Waals surface area (Å²) in [5.74, 6) is -1.67. The molecule has 0 aromatic heterocycles. The first-order chi connectivity index (χ1) is 13.8. The number of rotatable bonds is 5. The molecule has 0 saturated heterocycles. The van der Waals surface area contributed by atoms with Crippen LogP contribution in [0.4, 0.5) is 11.4 Å². The number of anilines is 2. The number of hydrogen-bond acceptors (Lipinski definition) is 2. The molecule has 0 radical (unpaired) electrons. The van der Waals surface area contributed by atoms with E-state index in [1.807, 2.05) is 82.3 Å². The second kappa shape index (κ2) is 8.74. The van der Waals surface area contributed by atoms with Crippen molar-refractivity contribution >= 4 is 23.2 Å². The summed E-state index contributed by atoms with van der Waals surface area (Å²) in [6.07, 6.45) is 0. The van der Waals surface area contributed by atoms with Crippen LogP contribution in [0.3, 0.4) is 0 Å². The highest BCUT2D eigenvalue weighted by molar-refractivity contribution is 6.15. The van der Waals surface area contributed by atoms with Gasteiger partial charge < -0.3 is 10.6 Å². The molecule has 2 amide bonds. The van der Waals surface area contributed by atoms with Gasteiger partial charge in [0.2, 0.25) is 11.8 Å². The zero-order valence-electron chi connectivity index (χ0n) is 17.2. The van der Waals surface area contributed by atoms with E-state index in [0.717, 1.165) is 22.3 Å². The number of amides is 2. The van der Waals surface area contributed by atoms with E-state index in [9.17, 15) is 9.59 Å². The van der Waals surface area contributed by atoms with E-state index in [2.05, 4.69) is 10.6 Å². The molecular weight excluding hydrogens is 360 g/mol. The van der Waals surface area contributed by atoms with Gasteiger partial charge in [0.15, 0.2) is 0 Å². The molecule has 0 unspecified atom stereocenters. The average molecular weight is 386 g/mol. The summed E-state index contributed by atoms with van der Waals surface area (Å²) < 4.78 is 0. The SMILES string of the molecule is Cc1ccc(NC(=O)C(C(=O)Nc2ccc(C)cc2C)c2ccccc2)c(C)c1. The monoisotopic (exact) mass is 386 g/mol. The lowest BCUT2D eigenvalue weighted by atomic mass is 9.96. The fourth-order valence-electron chi connectivity index (χ4n) is 3.38. The molecule has 4 heteroatoms. The third-order valence-corrected chi connectivity index (χ3v) is 4.94. The fourth-order valence-corrected chi connectivity index (χ4v) is 3.38. The van der Waals surface area contributed by atoms with Gasteiger partial charge >= 0.3 is 0 Å². The molecule has 2 N–H and O–H groups in total. The number of hydrogen-bond donors (Lipinski definition) is 2. The highest BCUT2D eigenvalue weighted by atomic mass is 16.2. The maximum Gasteiger partial charge on any atom is 0.241 e. The van der Waals surface area contributed by atoms with Crippen molar-refractivity contribution < 1.29 is 9.59 Å². The summed E-state index contributed by atoms with van der Waals surface area (Å²) in [6.45, 7) is 7.89. The van der Waals surface area contributed by atoms with E-state index in [1.54, 1.807) is 12.1 Å². The van der Waals surface area contributed by atoms with Gasteiger partial charge in [-0.1, -0.05) is 65.7 Å². The Morgan fingerprint density at radius 1 is 0.655 bits per heavy atom. The maximum absolute atomic E-state index is 13.1. The summed E-state index contributed by atoms with van der Waals surface area (Å²) in [5.41, 5.74) is 6.22.